The number of carbonyl (C=O) groups is 1. The average molecular weight is 482 g/mol. The first-order chi connectivity index (χ1) is 16.5. The molecule has 0 aliphatic carbocycles. The summed E-state index contributed by atoms with van der Waals surface area (Å²) in [6.07, 6.45) is 1.66. The van der Waals surface area contributed by atoms with E-state index in [1.807, 2.05) is 36.4 Å². The van der Waals surface area contributed by atoms with Gasteiger partial charge in [0.25, 0.3) is 0 Å². The minimum absolute atomic E-state index is 0.0699. The van der Waals surface area contributed by atoms with Crippen LogP contribution < -0.4 is 14.8 Å². The Kier molecular flexibility index (Phi) is 7.54. The van der Waals surface area contributed by atoms with Crippen LogP contribution in [0, 0.1) is 0 Å². The molecule has 0 aliphatic heterocycles. The van der Waals surface area contributed by atoms with Gasteiger partial charge in [-0.05, 0) is 42.0 Å². The third-order valence-electron chi connectivity index (χ3n) is 4.75. The SMILES string of the molecule is CCOc1cc(NC(=O)CSc2nccc(-c3ccc4ccccc4c3)n2)ccc1OC(F)F. The smallest absolute Gasteiger partial charge is 0.387 e. The number of ether oxygens (including phenoxy) is 2. The zero-order valence-electron chi connectivity index (χ0n) is 18.2. The van der Waals surface area contributed by atoms with Gasteiger partial charge < -0.3 is 14.8 Å². The minimum atomic E-state index is -2.97. The van der Waals surface area contributed by atoms with E-state index in [0.717, 1.165) is 22.0 Å². The van der Waals surface area contributed by atoms with Crippen LogP contribution in [0.5, 0.6) is 11.5 Å². The van der Waals surface area contributed by atoms with Crippen molar-refractivity contribution < 1.29 is 23.0 Å². The van der Waals surface area contributed by atoms with Crippen molar-refractivity contribution in [1.82, 2.24) is 9.97 Å². The zero-order valence-corrected chi connectivity index (χ0v) is 19.0. The quantitative estimate of drug-likeness (QED) is 0.233. The number of alkyl halides is 2. The summed E-state index contributed by atoms with van der Waals surface area (Å²) in [5.41, 5.74) is 2.13. The van der Waals surface area contributed by atoms with Crippen LogP contribution in [0.1, 0.15) is 6.92 Å². The van der Waals surface area contributed by atoms with Gasteiger partial charge in [-0.1, -0.05) is 48.2 Å². The van der Waals surface area contributed by atoms with Crippen molar-refractivity contribution in [3.8, 4) is 22.8 Å². The van der Waals surface area contributed by atoms with Crippen molar-refractivity contribution in [1.29, 1.82) is 0 Å². The number of hydrogen-bond donors (Lipinski definition) is 1. The van der Waals surface area contributed by atoms with Gasteiger partial charge >= 0.3 is 6.61 Å². The molecule has 0 bridgehead atoms. The number of fused-ring (bicyclic) bond motifs is 1. The molecule has 0 saturated carbocycles. The first-order valence-corrected chi connectivity index (χ1v) is 11.5. The van der Waals surface area contributed by atoms with Gasteiger partial charge in [-0.25, -0.2) is 9.97 Å². The lowest BCUT2D eigenvalue weighted by Crippen LogP contribution is -2.14. The number of rotatable bonds is 9. The molecule has 1 aromatic heterocycles. The Morgan fingerprint density at radius 3 is 2.65 bits per heavy atom. The van der Waals surface area contributed by atoms with Gasteiger partial charge in [0.2, 0.25) is 5.91 Å². The maximum absolute atomic E-state index is 12.6. The Morgan fingerprint density at radius 2 is 1.85 bits per heavy atom. The van der Waals surface area contributed by atoms with Crippen LogP contribution in [0.2, 0.25) is 0 Å². The molecule has 0 atom stereocenters. The summed E-state index contributed by atoms with van der Waals surface area (Å²) < 4.78 is 34.9. The molecule has 9 heteroatoms. The summed E-state index contributed by atoms with van der Waals surface area (Å²) in [5.74, 6) is -0.196. The van der Waals surface area contributed by atoms with Crippen LogP contribution in [0.3, 0.4) is 0 Å². The van der Waals surface area contributed by atoms with Crippen LogP contribution in [0.4, 0.5) is 14.5 Å². The third kappa shape index (κ3) is 5.99. The first-order valence-electron chi connectivity index (χ1n) is 10.5. The summed E-state index contributed by atoms with van der Waals surface area (Å²) in [6, 6.07) is 20.3. The van der Waals surface area contributed by atoms with Crippen molar-refractivity contribution in [3.05, 3.63) is 72.9 Å². The molecule has 3 aromatic carbocycles. The molecule has 0 fully saturated rings. The number of halogens is 2. The maximum Gasteiger partial charge on any atom is 0.387 e. The highest BCUT2D eigenvalue weighted by Gasteiger charge is 2.13. The normalized spacial score (nSPS) is 10.9. The van der Waals surface area contributed by atoms with E-state index in [2.05, 4.69) is 32.2 Å². The van der Waals surface area contributed by atoms with E-state index in [9.17, 15) is 13.6 Å². The van der Waals surface area contributed by atoms with Gasteiger partial charge in [-0.2, -0.15) is 8.78 Å². The lowest BCUT2D eigenvalue weighted by Gasteiger charge is -2.13. The Morgan fingerprint density at radius 1 is 1.03 bits per heavy atom. The van der Waals surface area contributed by atoms with Gasteiger partial charge in [-0.15, -0.1) is 0 Å². The van der Waals surface area contributed by atoms with E-state index in [1.165, 1.54) is 30.0 Å². The van der Waals surface area contributed by atoms with Crippen LogP contribution in [0.15, 0.2) is 78.1 Å². The Labute approximate surface area is 199 Å². The van der Waals surface area contributed by atoms with Crippen molar-refractivity contribution >= 4 is 34.1 Å². The fraction of sp³-hybridized carbons (Fsp3) is 0.160. The fourth-order valence-electron chi connectivity index (χ4n) is 3.29. The van der Waals surface area contributed by atoms with Crippen molar-refractivity contribution in [2.45, 2.75) is 18.7 Å². The zero-order chi connectivity index (χ0) is 23.9. The Bertz CT molecular complexity index is 1300. The molecule has 1 N–H and O–H groups in total. The fourth-order valence-corrected chi connectivity index (χ4v) is 3.93. The van der Waals surface area contributed by atoms with E-state index in [4.69, 9.17) is 4.74 Å². The molecule has 34 heavy (non-hydrogen) atoms. The van der Waals surface area contributed by atoms with E-state index >= 15 is 0 Å². The molecule has 1 heterocycles. The predicted molar refractivity (Wildman–Crippen MR) is 129 cm³/mol. The molecular formula is C25H21F2N3O3S. The summed E-state index contributed by atoms with van der Waals surface area (Å²) in [5, 5.41) is 5.45. The molecule has 0 radical (unpaired) electrons. The van der Waals surface area contributed by atoms with Crippen LogP contribution in [-0.4, -0.2) is 34.8 Å². The number of hydrogen-bond acceptors (Lipinski definition) is 6. The minimum Gasteiger partial charge on any atom is -0.490 e. The maximum atomic E-state index is 12.6. The molecule has 4 rings (SSSR count). The standard InChI is InChI=1S/C25H21F2N3O3S/c1-2-32-22-14-19(9-10-21(22)33-24(26)27)29-23(31)15-34-25-28-12-11-20(30-25)18-8-7-16-5-3-4-6-17(16)13-18/h3-14,24H,2,15H2,1H3,(H,29,31). The van der Waals surface area contributed by atoms with Crippen LogP contribution in [0.25, 0.3) is 22.0 Å². The Balaban J connectivity index is 1.40. The van der Waals surface area contributed by atoms with E-state index in [1.54, 1.807) is 13.1 Å². The number of amides is 1. The summed E-state index contributed by atoms with van der Waals surface area (Å²) in [6.45, 7) is -0.987. The lowest BCUT2D eigenvalue weighted by atomic mass is 10.1. The number of benzene rings is 3. The van der Waals surface area contributed by atoms with E-state index in [0.29, 0.717) is 10.8 Å². The second-order valence-electron chi connectivity index (χ2n) is 7.10. The van der Waals surface area contributed by atoms with Gasteiger partial charge in [0.1, 0.15) is 0 Å². The highest BCUT2D eigenvalue weighted by molar-refractivity contribution is 7.99. The first kappa shape index (κ1) is 23.4. The highest BCUT2D eigenvalue weighted by atomic mass is 32.2. The second-order valence-corrected chi connectivity index (χ2v) is 8.04. The molecule has 0 unspecified atom stereocenters. The molecule has 1 amide bonds. The predicted octanol–water partition coefficient (Wildman–Crippen LogP) is 6.03. The molecular weight excluding hydrogens is 460 g/mol. The molecule has 0 spiro atoms. The molecule has 4 aromatic rings. The summed E-state index contributed by atoms with van der Waals surface area (Å²) in [4.78, 5) is 21.3. The van der Waals surface area contributed by atoms with Crippen LogP contribution in [-0.2, 0) is 4.79 Å². The van der Waals surface area contributed by atoms with Crippen molar-refractivity contribution in [3.63, 3.8) is 0 Å². The van der Waals surface area contributed by atoms with E-state index < -0.39 is 6.61 Å². The molecule has 6 nitrogen and oxygen atoms in total. The van der Waals surface area contributed by atoms with E-state index in [-0.39, 0.29) is 29.8 Å². The van der Waals surface area contributed by atoms with Crippen molar-refractivity contribution in [2.75, 3.05) is 17.7 Å². The summed E-state index contributed by atoms with van der Waals surface area (Å²) in [7, 11) is 0. The molecule has 174 valence electrons. The molecule has 0 aliphatic rings. The number of aromatic nitrogens is 2. The molecule has 0 saturated heterocycles. The highest BCUT2D eigenvalue weighted by Crippen LogP contribution is 2.32. The number of anilines is 1. The Hall–Kier alpha value is -3.72. The lowest BCUT2D eigenvalue weighted by molar-refractivity contribution is -0.113. The average Bonchev–Trinajstić information content (AvgIpc) is 2.84. The monoisotopic (exact) mass is 481 g/mol. The number of thioether (sulfide) groups is 1. The van der Waals surface area contributed by atoms with Gasteiger partial charge in [0.15, 0.2) is 16.7 Å². The summed E-state index contributed by atoms with van der Waals surface area (Å²) >= 11 is 1.20. The topological polar surface area (TPSA) is 73.3 Å². The van der Waals surface area contributed by atoms with Gasteiger partial charge in [0.05, 0.1) is 18.1 Å². The van der Waals surface area contributed by atoms with Crippen LogP contribution >= 0.6 is 11.8 Å². The largest absolute Gasteiger partial charge is 0.490 e. The number of carbonyl (C=O) groups excluding carboxylic acids is 1. The van der Waals surface area contributed by atoms with Gasteiger partial charge in [0, 0.05) is 23.5 Å². The number of nitrogens with one attached hydrogen (secondary N) is 1. The third-order valence-corrected chi connectivity index (χ3v) is 5.62. The number of nitrogens with zero attached hydrogens (tertiary/aromatic N) is 2. The van der Waals surface area contributed by atoms with Gasteiger partial charge in [-0.3, -0.25) is 4.79 Å². The van der Waals surface area contributed by atoms with Crippen molar-refractivity contribution in [2.24, 2.45) is 0 Å². The second kappa shape index (κ2) is 10.9.